The van der Waals surface area contributed by atoms with Crippen molar-refractivity contribution in [3.05, 3.63) is 41.2 Å². The summed E-state index contributed by atoms with van der Waals surface area (Å²) in [7, 11) is 1.97. The smallest absolute Gasteiger partial charge is 0.0420 e. The molecule has 0 spiro atoms. The molecule has 0 aromatic carbocycles. The molecule has 0 saturated carbocycles. The number of nitrogens with one attached hydrogen (secondary N) is 1. The topological polar surface area (TPSA) is 24.9 Å². The van der Waals surface area contributed by atoms with Crippen molar-refractivity contribution in [3.8, 4) is 0 Å². The molecule has 1 rings (SSSR count). The maximum absolute atomic E-state index is 4.33. The molecule has 14 heavy (non-hydrogen) atoms. The molecule has 0 aliphatic carbocycles. The first kappa shape index (κ1) is 11.4. The van der Waals surface area contributed by atoms with Crippen LogP contribution in [0.25, 0.3) is 0 Å². The highest BCUT2D eigenvalue weighted by atomic mass is 79.9. The molecule has 0 bridgehead atoms. The Morgan fingerprint density at radius 1 is 1.64 bits per heavy atom. The molecule has 1 unspecified atom stereocenters. The summed E-state index contributed by atoms with van der Waals surface area (Å²) in [4.78, 5) is 4.33. The van der Waals surface area contributed by atoms with Crippen LogP contribution in [0.15, 0.2) is 35.5 Å². The fourth-order valence-electron chi connectivity index (χ4n) is 1.28. The van der Waals surface area contributed by atoms with Crippen LogP contribution in [0.2, 0.25) is 0 Å². The van der Waals surface area contributed by atoms with E-state index in [-0.39, 0.29) is 0 Å². The third-order valence-corrected chi connectivity index (χ3v) is 2.57. The lowest BCUT2D eigenvalue weighted by molar-refractivity contribution is 0.560. The molecule has 0 aliphatic rings. The number of aromatic nitrogens is 1. The van der Waals surface area contributed by atoms with Gasteiger partial charge in [0, 0.05) is 28.8 Å². The lowest BCUT2D eigenvalue weighted by Gasteiger charge is -2.13. The van der Waals surface area contributed by atoms with Crippen molar-refractivity contribution in [3.63, 3.8) is 0 Å². The normalized spacial score (nSPS) is 12.4. The van der Waals surface area contributed by atoms with Gasteiger partial charge in [-0.25, -0.2) is 0 Å². The van der Waals surface area contributed by atoms with Gasteiger partial charge in [-0.15, -0.1) is 6.58 Å². The summed E-state index contributed by atoms with van der Waals surface area (Å²) in [5.74, 6) is 0. The Bertz CT molecular complexity index is 282. The van der Waals surface area contributed by atoms with Crippen LogP contribution in [-0.4, -0.2) is 18.1 Å². The van der Waals surface area contributed by atoms with Gasteiger partial charge in [0.15, 0.2) is 0 Å². The van der Waals surface area contributed by atoms with Crippen molar-refractivity contribution >= 4 is 15.9 Å². The average molecular weight is 255 g/mol. The summed E-state index contributed by atoms with van der Waals surface area (Å²) < 4.78 is 1.02. The molecule has 1 N–H and O–H groups in total. The van der Waals surface area contributed by atoms with E-state index in [0.717, 1.165) is 23.0 Å². The highest BCUT2D eigenvalue weighted by Crippen LogP contribution is 2.09. The van der Waals surface area contributed by atoms with Crippen LogP contribution in [0.4, 0.5) is 0 Å². The van der Waals surface area contributed by atoms with Gasteiger partial charge in [0.1, 0.15) is 0 Å². The number of rotatable bonds is 5. The Morgan fingerprint density at radius 2 is 2.43 bits per heavy atom. The van der Waals surface area contributed by atoms with Gasteiger partial charge < -0.3 is 5.32 Å². The molecule has 0 radical (unpaired) electrons. The van der Waals surface area contributed by atoms with Crippen LogP contribution in [0.5, 0.6) is 0 Å². The van der Waals surface area contributed by atoms with Crippen molar-refractivity contribution in [2.75, 3.05) is 7.05 Å². The average Bonchev–Trinajstić information content (AvgIpc) is 2.20. The van der Waals surface area contributed by atoms with E-state index in [4.69, 9.17) is 0 Å². The Balaban J connectivity index is 2.57. The van der Waals surface area contributed by atoms with Crippen molar-refractivity contribution in [2.24, 2.45) is 0 Å². The molecule has 0 aliphatic heterocycles. The molecule has 1 aromatic heterocycles. The van der Waals surface area contributed by atoms with Crippen molar-refractivity contribution in [1.29, 1.82) is 0 Å². The molecule has 2 nitrogen and oxygen atoms in total. The van der Waals surface area contributed by atoms with Crippen LogP contribution >= 0.6 is 15.9 Å². The Hall–Kier alpha value is -0.670. The maximum Gasteiger partial charge on any atom is 0.0420 e. The molecule has 1 heterocycles. The number of hydrogen-bond donors (Lipinski definition) is 1. The zero-order valence-electron chi connectivity index (χ0n) is 8.33. The minimum absolute atomic E-state index is 0.432. The number of likely N-dealkylation sites (N-methyl/N-ethyl adjacent to an activating group) is 1. The van der Waals surface area contributed by atoms with E-state index < -0.39 is 0 Å². The van der Waals surface area contributed by atoms with E-state index >= 15 is 0 Å². The van der Waals surface area contributed by atoms with E-state index in [1.54, 1.807) is 0 Å². The first-order chi connectivity index (χ1) is 6.76. The fourth-order valence-corrected chi connectivity index (χ4v) is 1.52. The molecule has 0 fully saturated rings. The van der Waals surface area contributed by atoms with Crippen molar-refractivity contribution in [2.45, 2.75) is 18.9 Å². The third kappa shape index (κ3) is 3.60. The van der Waals surface area contributed by atoms with Crippen LogP contribution in [0.1, 0.15) is 12.1 Å². The van der Waals surface area contributed by atoms with Crippen LogP contribution < -0.4 is 5.32 Å². The van der Waals surface area contributed by atoms with E-state index in [1.165, 1.54) is 0 Å². The predicted molar refractivity (Wildman–Crippen MR) is 63.3 cm³/mol. The molecular weight excluding hydrogens is 240 g/mol. The number of nitrogens with zero attached hydrogens (tertiary/aromatic N) is 1. The Morgan fingerprint density at radius 3 is 2.93 bits per heavy atom. The van der Waals surface area contributed by atoms with Gasteiger partial charge in [-0.2, -0.15) is 0 Å². The summed E-state index contributed by atoms with van der Waals surface area (Å²) >= 11 is 3.37. The monoisotopic (exact) mass is 254 g/mol. The quantitative estimate of drug-likeness (QED) is 0.818. The number of halogens is 1. The molecule has 0 saturated heterocycles. The van der Waals surface area contributed by atoms with Crippen molar-refractivity contribution < 1.29 is 0 Å². The maximum atomic E-state index is 4.33. The first-order valence-electron chi connectivity index (χ1n) is 4.65. The summed E-state index contributed by atoms with van der Waals surface area (Å²) in [6.45, 7) is 3.74. The third-order valence-electron chi connectivity index (χ3n) is 2.10. The molecule has 0 amide bonds. The predicted octanol–water partition coefficient (Wildman–Crippen LogP) is 2.55. The highest BCUT2D eigenvalue weighted by Gasteiger charge is 2.05. The molecule has 3 heteroatoms. The fraction of sp³-hybridized carbons (Fsp3) is 0.364. The van der Waals surface area contributed by atoms with E-state index in [0.29, 0.717) is 6.04 Å². The standard InChI is InChI=1S/C11H15BrN2/c1-3-4-10(13-2)7-11-6-5-9(12)8-14-11/h3,5-6,8,10,13H,1,4,7H2,2H3. The summed E-state index contributed by atoms with van der Waals surface area (Å²) in [6, 6.07) is 4.49. The zero-order valence-corrected chi connectivity index (χ0v) is 9.92. The second kappa shape index (κ2) is 5.94. The van der Waals surface area contributed by atoms with Gasteiger partial charge in [-0.3, -0.25) is 4.98 Å². The van der Waals surface area contributed by atoms with E-state index in [1.807, 2.05) is 31.5 Å². The molecular formula is C11H15BrN2. The van der Waals surface area contributed by atoms with E-state index in [9.17, 15) is 0 Å². The second-order valence-corrected chi connectivity index (χ2v) is 4.10. The Labute approximate surface area is 93.6 Å². The largest absolute Gasteiger partial charge is 0.316 e. The van der Waals surface area contributed by atoms with Gasteiger partial charge in [-0.05, 0) is 41.5 Å². The SMILES string of the molecule is C=CCC(Cc1ccc(Br)cn1)NC. The first-order valence-corrected chi connectivity index (χ1v) is 5.44. The van der Waals surface area contributed by atoms with Crippen LogP contribution in [0, 0.1) is 0 Å². The zero-order chi connectivity index (χ0) is 10.4. The second-order valence-electron chi connectivity index (χ2n) is 3.18. The van der Waals surface area contributed by atoms with Crippen molar-refractivity contribution in [1.82, 2.24) is 10.3 Å². The van der Waals surface area contributed by atoms with Crippen LogP contribution in [0.3, 0.4) is 0 Å². The van der Waals surface area contributed by atoms with Gasteiger partial charge in [0.25, 0.3) is 0 Å². The summed E-state index contributed by atoms with van der Waals surface area (Å²) in [5, 5.41) is 3.24. The highest BCUT2D eigenvalue weighted by molar-refractivity contribution is 9.10. The molecule has 1 aromatic rings. The minimum Gasteiger partial charge on any atom is -0.316 e. The van der Waals surface area contributed by atoms with Gasteiger partial charge >= 0.3 is 0 Å². The molecule has 76 valence electrons. The Kier molecular flexibility index (Phi) is 4.84. The number of pyridine rings is 1. The van der Waals surface area contributed by atoms with E-state index in [2.05, 4.69) is 32.8 Å². The van der Waals surface area contributed by atoms with Gasteiger partial charge in [0.2, 0.25) is 0 Å². The lowest BCUT2D eigenvalue weighted by atomic mass is 10.1. The van der Waals surface area contributed by atoms with Gasteiger partial charge in [-0.1, -0.05) is 6.08 Å². The summed E-state index contributed by atoms with van der Waals surface area (Å²) in [6.07, 6.45) is 5.67. The minimum atomic E-state index is 0.432. The lowest BCUT2D eigenvalue weighted by Crippen LogP contribution is -2.27. The van der Waals surface area contributed by atoms with Gasteiger partial charge in [0.05, 0.1) is 0 Å². The van der Waals surface area contributed by atoms with Crippen LogP contribution in [-0.2, 0) is 6.42 Å². The summed E-state index contributed by atoms with van der Waals surface area (Å²) in [5.41, 5.74) is 1.11. The molecule has 1 atom stereocenters. The number of hydrogen-bond acceptors (Lipinski definition) is 2.